The molecule has 1 aromatic heterocycles. The molecular formula is C9H9N5O3. The molecule has 0 spiro atoms. The molecule has 0 unspecified atom stereocenters. The largest absolute Gasteiger partial charge is 0.416 e. The molecule has 2 rings (SSSR count). The molecule has 0 saturated carbocycles. The van der Waals surface area contributed by atoms with Crippen LogP contribution in [0.4, 0.5) is 11.4 Å². The lowest BCUT2D eigenvalue weighted by atomic mass is 10.2. The van der Waals surface area contributed by atoms with Crippen molar-refractivity contribution in [3.8, 4) is 11.8 Å². The molecule has 2 N–H and O–H groups in total. The molecule has 17 heavy (non-hydrogen) atoms. The average molecular weight is 235 g/mol. The smallest absolute Gasteiger partial charge is 0.341 e. The highest BCUT2D eigenvalue weighted by Gasteiger charge is 2.20. The Morgan fingerprint density at radius 1 is 1.53 bits per heavy atom. The van der Waals surface area contributed by atoms with Crippen molar-refractivity contribution in [2.24, 2.45) is 7.05 Å². The molecule has 0 bridgehead atoms. The maximum Gasteiger partial charge on any atom is 0.341 e. The number of aromatic nitrogens is 3. The second-order valence-electron chi connectivity index (χ2n) is 3.25. The van der Waals surface area contributed by atoms with Crippen molar-refractivity contribution in [1.82, 2.24) is 14.8 Å². The highest BCUT2D eigenvalue weighted by molar-refractivity contribution is 5.66. The molecule has 0 aliphatic carbocycles. The standard InChI is InChI=1S/C9H9N5O3/c1-13-5-11-9(12-13)17-7-4-2-3-6(10)8(7)14(15)16/h2-5H,10H2,1H3. The first-order valence-corrected chi connectivity index (χ1v) is 4.64. The third-order valence-corrected chi connectivity index (χ3v) is 1.99. The highest BCUT2D eigenvalue weighted by atomic mass is 16.6. The Kier molecular flexibility index (Phi) is 2.61. The van der Waals surface area contributed by atoms with Gasteiger partial charge in [-0.2, -0.15) is 4.98 Å². The number of nitro groups is 1. The number of aryl methyl sites for hydroxylation is 1. The van der Waals surface area contributed by atoms with Gasteiger partial charge in [0.25, 0.3) is 0 Å². The van der Waals surface area contributed by atoms with Gasteiger partial charge in [0.2, 0.25) is 5.75 Å². The Morgan fingerprint density at radius 3 is 2.88 bits per heavy atom. The maximum absolute atomic E-state index is 10.8. The zero-order chi connectivity index (χ0) is 12.4. The molecule has 0 fully saturated rings. The third-order valence-electron chi connectivity index (χ3n) is 1.99. The van der Waals surface area contributed by atoms with Crippen LogP contribution in [0, 0.1) is 10.1 Å². The van der Waals surface area contributed by atoms with Gasteiger partial charge in [0, 0.05) is 7.05 Å². The fraction of sp³-hybridized carbons (Fsp3) is 0.111. The van der Waals surface area contributed by atoms with E-state index in [1.165, 1.54) is 23.1 Å². The Bertz CT molecular complexity index is 566. The van der Waals surface area contributed by atoms with Crippen LogP contribution >= 0.6 is 0 Å². The molecule has 8 heteroatoms. The molecule has 1 heterocycles. The van der Waals surface area contributed by atoms with Crippen molar-refractivity contribution in [1.29, 1.82) is 0 Å². The summed E-state index contributed by atoms with van der Waals surface area (Å²) >= 11 is 0. The van der Waals surface area contributed by atoms with Gasteiger partial charge in [-0.1, -0.05) is 6.07 Å². The van der Waals surface area contributed by atoms with E-state index in [1.807, 2.05) is 0 Å². The summed E-state index contributed by atoms with van der Waals surface area (Å²) in [4.78, 5) is 14.0. The highest BCUT2D eigenvalue weighted by Crippen LogP contribution is 2.34. The molecule has 1 aromatic carbocycles. The molecular weight excluding hydrogens is 226 g/mol. The number of nitro benzene ring substituents is 1. The van der Waals surface area contributed by atoms with Gasteiger partial charge in [-0.3, -0.25) is 14.8 Å². The van der Waals surface area contributed by atoms with Gasteiger partial charge in [-0.05, 0) is 12.1 Å². The predicted molar refractivity (Wildman–Crippen MR) is 58.6 cm³/mol. The maximum atomic E-state index is 10.8. The van der Waals surface area contributed by atoms with Gasteiger partial charge in [-0.25, -0.2) is 0 Å². The van der Waals surface area contributed by atoms with Gasteiger partial charge in [0.15, 0.2) is 0 Å². The lowest BCUT2D eigenvalue weighted by molar-refractivity contribution is -0.384. The molecule has 88 valence electrons. The summed E-state index contributed by atoms with van der Waals surface area (Å²) in [7, 11) is 1.66. The summed E-state index contributed by atoms with van der Waals surface area (Å²) in [5, 5.41) is 14.7. The average Bonchev–Trinajstić information content (AvgIpc) is 2.63. The van der Waals surface area contributed by atoms with Crippen LogP contribution in [0.2, 0.25) is 0 Å². The van der Waals surface area contributed by atoms with E-state index in [4.69, 9.17) is 10.5 Å². The van der Waals surface area contributed by atoms with Gasteiger partial charge in [0.05, 0.1) is 4.92 Å². The van der Waals surface area contributed by atoms with E-state index in [9.17, 15) is 10.1 Å². The molecule has 2 aromatic rings. The lowest BCUT2D eigenvalue weighted by Crippen LogP contribution is -1.99. The van der Waals surface area contributed by atoms with Crippen molar-refractivity contribution in [3.05, 3.63) is 34.6 Å². The van der Waals surface area contributed by atoms with Crippen LogP contribution in [0.15, 0.2) is 24.5 Å². The van der Waals surface area contributed by atoms with E-state index in [2.05, 4.69) is 10.1 Å². The SMILES string of the molecule is Cn1cnc(Oc2cccc(N)c2[N+](=O)[O-])n1. The van der Waals surface area contributed by atoms with E-state index >= 15 is 0 Å². The van der Waals surface area contributed by atoms with E-state index < -0.39 is 4.92 Å². The molecule has 8 nitrogen and oxygen atoms in total. The summed E-state index contributed by atoms with van der Waals surface area (Å²) in [5.41, 5.74) is 5.25. The topological polar surface area (TPSA) is 109 Å². The lowest BCUT2D eigenvalue weighted by Gasteiger charge is -2.03. The van der Waals surface area contributed by atoms with Crippen LogP contribution in [0.5, 0.6) is 11.8 Å². The first kappa shape index (κ1) is 10.9. The van der Waals surface area contributed by atoms with Gasteiger partial charge < -0.3 is 10.5 Å². The van der Waals surface area contributed by atoms with Crippen molar-refractivity contribution in [2.75, 3.05) is 5.73 Å². The van der Waals surface area contributed by atoms with Crippen molar-refractivity contribution in [2.45, 2.75) is 0 Å². The fourth-order valence-electron chi connectivity index (χ4n) is 1.28. The summed E-state index contributed by atoms with van der Waals surface area (Å²) in [6, 6.07) is 4.45. The summed E-state index contributed by atoms with van der Waals surface area (Å²) < 4.78 is 6.63. The summed E-state index contributed by atoms with van der Waals surface area (Å²) in [5.74, 6) is 0.0150. The van der Waals surface area contributed by atoms with Crippen molar-refractivity contribution >= 4 is 11.4 Å². The van der Waals surface area contributed by atoms with Crippen LogP contribution in [-0.2, 0) is 7.05 Å². The number of nitrogens with zero attached hydrogens (tertiary/aromatic N) is 4. The Balaban J connectivity index is 2.39. The molecule has 0 saturated heterocycles. The Hall–Kier alpha value is -2.64. The predicted octanol–water partition coefficient (Wildman–Crippen LogP) is 1.10. The van der Waals surface area contributed by atoms with E-state index in [-0.39, 0.29) is 23.1 Å². The zero-order valence-corrected chi connectivity index (χ0v) is 8.90. The van der Waals surface area contributed by atoms with Crippen molar-refractivity contribution < 1.29 is 9.66 Å². The van der Waals surface area contributed by atoms with Crippen LogP contribution < -0.4 is 10.5 Å². The number of anilines is 1. The van der Waals surface area contributed by atoms with Crippen molar-refractivity contribution in [3.63, 3.8) is 0 Å². The number of para-hydroxylation sites is 1. The van der Waals surface area contributed by atoms with Crippen LogP contribution in [0.3, 0.4) is 0 Å². The van der Waals surface area contributed by atoms with E-state index in [0.717, 1.165) is 0 Å². The number of hydrogen-bond acceptors (Lipinski definition) is 6. The third kappa shape index (κ3) is 2.14. The normalized spacial score (nSPS) is 10.2. The second kappa shape index (κ2) is 4.08. The summed E-state index contributed by atoms with van der Waals surface area (Å²) in [6.45, 7) is 0. The summed E-state index contributed by atoms with van der Waals surface area (Å²) in [6.07, 6.45) is 1.42. The van der Waals surface area contributed by atoms with Gasteiger partial charge in [0.1, 0.15) is 12.0 Å². The zero-order valence-electron chi connectivity index (χ0n) is 8.90. The Morgan fingerprint density at radius 2 is 2.29 bits per heavy atom. The molecule has 0 aliphatic heterocycles. The van der Waals surface area contributed by atoms with E-state index in [0.29, 0.717) is 0 Å². The monoisotopic (exact) mass is 235 g/mol. The van der Waals surface area contributed by atoms with Gasteiger partial charge in [-0.15, -0.1) is 5.10 Å². The number of benzene rings is 1. The number of rotatable bonds is 3. The Labute approximate surface area is 95.8 Å². The minimum atomic E-state index is -0.604. The second-order valence-corrected chi connectivity index (χ2v) is 3.25. The minimum absolute atomic E-state index is 0.0150. The number of hydrogen-bond donors (Lipinski definition) is 1. The molecule has 0 aliphatic rings. The minimum Gasteiger partial charge on any atom is -0.416 e. The first-order chi connectivity index (χ1) is 8.08. The fourth-order valence-corrected chi connectivity index (χ4v) is 1.28. The van der Waals surface area contributed by atoms with Crippen LogP contribution in [0.1, 0.15) is 0 Å². The molecule has 0 amide bonds. The van der Waals surface area contributed by atoms with E-state index in [1.54, 1.807) is 13.1 Å². The molecule has 0 atom stereocenters. The number of nitrogen functional groups attached to an aromatic ring is 1. The number of nitrogens with two attached hydrogens (primary N) is 1. The molecule has 0 radical (unpaired) electrons. The number of ether oxygens (including phenoxy) is 1. The van der Waals surface area contributed by atoms with Crippen LogP contribution in [0.25, 0.3) is 0 Å². The quantitative estimate of drug-likeness (QED) is 0.484. The van der Waals surface area contributed by atoms with Crippen LogP contribution in [-0.4, -0.2) is 19.7 Å². The van der Waals surface area contributed by atoms with Gasteiger partial charge >= 0.3 is 11.7 Å². The first-order valence-electron chi connectivity index (χ1n) is 4.64.